The van der Waals surface area contributed by atoms with Crippen LogP contribution in [0.15, 0.2) is 48.5 Å². The van der Waals surface area contributed by atoms with Gasteiger partial charge in [-0.05, 0) is 56.2 Å². The fraction of sp³-hybridized carbons (Fsp3) is 0.348. The van der Waals surface area contributed by atoms with Crippen LogP contribution in [0.4, 0.5) is 11.4 Å². The van der Waals surface area contributed by atoms with E-state index in [4.69, 9.17) is 9.47 Å². The molecule has 2 unspecified atom stereocenters. The number of nitrogens with one attached hydrogen (secondary N) is 2. The highest BCUT2D eigenvalue weighted by Gasteiger charge is 2.29. The number of carbonyl (C=O) groups is 3. The third-order valence-electron chi connectivity index (χ3n) is 4.64. The van der Waals surface area contributed by atoms with Gasteiger partial charge in [0.25, 0.3) is 17.5 Å². The second-order valence-corrected chi connectivity index (χ2v) is 7.52. The molecule has 0 radical (unpaired) electrons. The third kappa shape index (κ3) is 7.30. The summed E-state index contributed by atoms with van der Waals surface area (Å²) in [5.41, 5.74) is 0.550. The van der Waals surface area contributed by atoms with E-state index in [2.05, 4.69) is 10.6 Å². The van der Waals surface area contributed by atoms with Crippen LogP contribution < -0.4 is 15.4 Å². The molecule has 2 rings (SSSR count). The number of nitrogens with zero attached hydrogens (tertiary/aromatic N) is 1. The van der Waals surface area contributed by atoms with Crippen molar-refractivity contribution < 1.29 is 28.8 Å². The number of nitro groups is 1. The van der Waals surface area contributed by atoms with Gasteiger partial charge in [0.2, 0.25) is 0 Å². The average molecular weight is 457 g/mol. The average Bonchev–Trinajstić information content (AvgIpc) is 2.78. The molecule has 2 amide bonds. The number of rotatable bonds is 10. The van der Waals surface area contributed by atoms with Crippen molar-refractivity contribution in [3.63, 3.8) is 0 Å². The number of benzene rings is 2. The lowest BCUT2D eigenvalue weighted by Gasteiger charge is -2.23. The summed E-state index contributed by atoms with van der Waals surface area (Å²) in [6, 6.07) is 10.8. The normalized spacial score (nSPS) is 12.4. The molecular weight excluding hydrogens is 430 g/mol. The molecule has 0 spiro atoms. The van der Waals surface area contributed by atoms with Crippen LogP contribution >= 0.6 is 0 Å². The maximum atomic E-state index is 12.7. The lowest BCUT2D eigenvalue weighted by molar-refractivity contribution is -0.384. The number of hydrogen-bond acceptors (Lipinski definition) is 7. The highest BCUT2D eigenvalue weighted by Crippen LogP contribution is 2.17. The standard InChI is InChI=1S/C23H27N3O7/c1-5-32-19-12-6-16(7-13-19)22(28)25-20(14(2)3)23(29)33-15(4)21(27)24-17-8-10-18(11-9-17)26(30)31/h6-15,20H,5H2,1-4H3,(H,24,27)(H,25,28). The van der Waals surface area contributed by atoms with E-state index in [1.807, 2.05) is 6.92 Å². The Bertz CT molecular complexity index is 988. The first kappa shape index (κ1) is 25.3. The zero-order chi connectivity index (χ0) is 24.5. The Labute approximate surface area is 191 Å². The van der Waals surface area contributed by atoms with Crippen molar-refractivity contribution in [1.82, 2.24) is 5.32 Å². The van der Waals surface area contributed by atoms with Crippen LogP contribution in [-0.4, -0.2) is 41.5 Å². The van der Waals surface area contributed by atoms with Crippen molar-refractivity contribution in [2.75, 3.05) is 11.9 Å². The Morgan fingerprint density at radius 2 is 1.61 bits per heavy atom. The first-order valence-corrected chi connectivity index (χ1v) is 10.4. The fourth-order valence-corrected chi connectivity index (χ4v) is 2.80. The van der Waals surface area contributed by atoms with Crippen LogP contribution in [0.2, 0.25) is 0 Å². The van der Waals surface area contributed by atoms with Gasteiger partial charge >= 0.3 is 5.97 Å². The van der Waals surface area contributed by atoms with E-state index in [1.165, 1.54) is 31.2 Å². The molecule has 33 heavy (non-hydrogen) atoms. The van der Waals surface area contributed by atoms with E-state index in [0.717, 1.165) is 0 Å². The molecule has 10 heteroatoms. The number of ether oxygens (including phenoxy) is 2. The van der Waals surface area contributed by atoms with Gasteiger partial charge in [-0.15, -0.1) is 0 Å². The summed E-state index contributed by atoms with van der Waals surface area (Å²) in [6.45, 7) is 7.23. The molecule has 2 N–H and O–H groups in total. The summed E-state index contributed by atoms with van der Waals surface area (Å²) in [7, 11) is 0. The van der Waals surface area contributed by atoms with Crippen LogP contribution in [0, 0.1) is 16.0 Å². The van der Waals surface area contributed by atoms with Gasteiger partial charge < -0.3 is 20.1 Å². The van der Waals surface area contributed by atoms with Gasteiger partial charge in [0, 0.05) is 23.4 Å². The molecule has 0 bridgehead atoms. The van der Waals surface area contributed by atoms with Gasteiger partial charge in [-0.1, -0.05) is 13.8 Å². The van der Waals surface area contributed by atoms with E-state index in [0.29, 0.717) is 23.6 Å². The first-order valence-electron chi connectivity index (χ1n) is 10.4. The number of carbonyl (C=O) groups excluding carboxylic acids is 3. The van der Waals surface area contributed by atoms with Crippen LogP contribution in [0.1, 0.15) is 38.1 Å². The number of anilines is 1. The second kappa shape index (κ2) is 11.6. The van der Waals surface area contributed by atoms with Gasteiger partial charge in [-0.25, -0.2) is 4.79 Å². The minimum atomic E-state index is -1.16. The second-order valence-electron chi connectivity index (χ2n) is 7.52. The lowest BCUT2D eigenvalue weighted by Crippen LogP contribution is -2.47. The van der Waals surface area contributed by atoms with E-state index in [-0.39, 0.29) is 11.6 Å². The van der Waals surface area contributed by atoms with Crippen LogP contribution in [0.5, 0.6) is 5.75 Å². The number of esters is 1. The topological polar surface area (TPSA) is 137 Å². The number of amides is 2. The van der Waals surface area contributed by atoms with Crippen LogP contribution in [0.25, 0.3) is 0 Å². The Kier molecular flexibility index (Phi) is 8.90. The summed E-state index contributed by atoms with van der Waals surface area (Å²) in [5.74, 6) is -1.50. The summed E-state index contributed by atoms with van der Waals surface area (Å²) in [5, 5.41) is 15.9. The molecule has 2 aromatic carbocycles. The number of hydrogen-bond donors (Lipinski definition) is 2. The number of nitro benzene ring substituents is 1. The summed E-state index contributed by atoms with van der Waals surface area (Å²) < 4.78 is 10.6. The Balaban J connectivity index is 1.98. The Morgan fingerprint density at radius 1 is 1.00 bits per heavy atom. The minimum absolute atomic E-state index is 0.115. The minimum Gasteiger partial charge on any atom is -0.494 e. The molecule has 176 valence electrons. The maximum absolute atomic E-state index is 12.7. The molecule has 0 aromatic heterocycles. The van der Waals surface area contributed by atoms with E-state index >= 15 is 0 Å². The largest absolute Gasteiger partial charge is 0.494 e. The summed E-state index contributed by atoms with van der Waals surface area (Å²) in [4.78, 5) is 47.8. The maximum Gasteiger partial charge on any atom is 0.329 e. The lowest BCUT2D eigenvalue weighted by atomic mass is 10.0. The molecule has 2 atom stereocenters. The third-order valence-corrected chi connectivity index (χ3v) is 4.64. The highest BCUT2D eigenvalue weighted by molar-refractivity contribution is 5.98. The first-order chi connectivity index (χ1) is 15.6. The van der Waals surface area contributed by atoms with E-state index in [9.17, 15) is 24.5 Å². The zero-order valence-corrected chi connectivity index (χ0v) is 18.9. The van der Waals surface area contributed by atoms with Crippen molar-refractivity contribution in [2.45, 2.75) is 39.8 Å². The molecule has 2 aromatic rings. The Hall–Kier alpha value is -3.95. The van der Waals surface area contributed by atoms with Crippen molar-refractivity contribution in [1.29, 1.82) is 0 Å². The predicted molar refractivity (Wildman–Crippen MR) is 121 cm³/mol. The molecule has 0 saturated heterocycles. The summed E-state index contributed by atoms with van der Waals surface area (Å²) >= 11 is 0. The monoisotopic (exact) mass is 457 g/mol. The van der Waals surface area contributed by atoms with Gasteiger partial charge in [-0.2, -0.15) is 0 Å². The van der Waals surface area contributed by atoms with E-state index < -0.39 is 34.9 Å². The van der Waals surface area contributed by atoms with Gasteiger partial charge in [-0.3, -0.25) is 19.7 Å². The van der Waals surface area contributed by atoms with Crippen molar-refractivity contribution in [3.05, 3.63) is 64.2 Å². The molecule has 0 aliphatic carbocycles. The van der Waals surface area contributed by atoms with E-state index in [1.54, 1.807) is 38.1 Å². The smallest absolute Gasteiger partial charge is 0.329 e. The SMILES string of the molecule is CCOc1ccc(C(=O)NC(C(=O)OC(C)C(=O)Nc2ccc([N+](=O)[O-])cc2)C(C)C)cc1. The van der Waals surface area contributed by atoms with Crippen molar-refractivity contribution in [2.24, 2.45) is 5.92 Å². The van der Waals surface area contributed by atoms with Gasteiger partial charge in [0.1, 0.15) is 11.8 Å². The molecule has 0 fully saturated rings. The van der Waals surface area contributed by atoms with Crippen molar-refractivity contribution >= 4 is 29.2 Å². The molecule has 0 aliphatic rings. The molecule has 10 nitrogen and oxygen atoms in total. The van der Waals surface area contributed by atoms with Crippen LogP contribution in [0.3, 0.4) is 0 Å². The highest BCUT2D eigenvalue weighted by atomic mass is 16.6. The van der Waals surface area contributed by atoms with Crippen LogP contribution in [-0.2, 0) is 14.3 Å². The zero-order valence-electron chi connectivity index (χ0n) is 18.9. The quantitative estimate of drug-likeness (QED) is 0.317. The predicted octanol–water partition coefficient (Wildman–Crippen LogP) is 3.32. The molecule has 0 aliphatic heterocycles. The Morgan fingerprint density at radius 3 is 2.12 bits per heavy atom. The summed E-state index contributed by atoms with van der Waals surface area (Å²) in [6.07, 6.45) is -1.16. The van der Waals surface area contributed by atoms with Crippen molar-refractivity contribution in [3.8, 4) is 5.75 Å². The number of non-ortho nitro benzene ring substituents is 1. The molecular formula is C23H27N3O7. The van der Waals surface area contributed by atoms with Gasteiger partial charge in [0.15, 0.2) is 6.10 Å². The molecule has 0 saturated carbocycles. The fourth-order valence-electron chi connectivity index (χ4n) is 2.80. The van der Waals surface area contributed by atoms with Gasteiger partial charge in [0.05, 0.1) is 11.5 Å². The molecule has 0 heterocycles.